The molecule has 0 saturated carbocycles. The Morgan fingerprint density at radius 3 is 2.26 bits per heavy atom. The molecule has 1 aromatic carbocycles. The Kier molecular flexibility index (Phi) is 5.11. The monoisotopic (exact) mass is 327 g/mol. The number of aliphatic carboxylic acids is 1. The van der Waals surface area contributed by atoms with Gasteiger partial charge in [0.2, 0.25) is 5.91 Å². The summed E-state index contributed by atoms with van der Waals surface area (Å²) in [6.45, 7) is 3.78. The maximum absolute atomic E-state index is 12.2. The van der Waals surface area contributed by atoms with Crippen LogP contribution in [0.25, 0.3) is 0 Å². The van der Waals surface area contributed by atoms with Crippen molar-refractivity contribution >= 4 is 27.8 Å². The largest absolute Gasteiger partial charge is 0.481 e. The van der Waals surface area contributed by atoms with Gasteiger partial charge in [-0.15, -0.1) is 0 Å². The first-order valence-corrected chi connectivity index (χ1v) is 6.73. The molecule has 0 heterocycles. The molecule has 0 fully saturated rings. The molecule has 1 N–H and O–H groups in total. The fourth-order valence-electron chi connectivity index (χ4n) is 1.91. The van der Waals surface area contributed by atoms with Crippen molar-refractivity contribution in [2.24, 2.45) is 5.41 Å². The van der Waals surface area contributed by atoms with Crippen molar-refractivity contribution in [3.8, 4) is 0 Å². The van der Waals surface area contributed by atoms with Crippen molar-refractivity contribution in [2.45, 2.75) is 26.8 Å². The molecule has 0 spiro atoms. The van der Waals surface area contributed by atoms with Crippen LogP contribution in [0.4, 0.5) is 0 Å². The highest BCUT2D eigenvalue weighted by Crippen LogP contribution is 2.24. The summed E-state index contributed by atoms with van der Waals surface area (Å²) >= 11 is 3.35. The number of halogens is 1. The zero-order valence-corrected chi connectivity index (χ0v) is 12.9. The summed E-state index contributed by atoms with van der Waals surface area (Å²) in [5, 5.41) is 8.82. The molecular weight excluding hydrogens is 310 g/mol. The molecule has 19 heavy (non-hydrogen) atoms. The molecule has 0 aromatic heterocycles. The Balaban J connectivity index is 2.72. The second-order valence-electron chi connectivity index (χ2n) is 5.24. The smallest absolute Gasteiger partial charge is 0.304 e. The summed E-state index contributed by atoms with van der Waals surface area (Å²) in [6, 6.07) is 7.68. The van der Waals surface area contributed by atoms with E-state index in [2.05, 4.69) is 15.9 Å². The molecule has 0 radical (unpaired) electrons. The molecule has 1 amide bonds. The standard InChI is InChI=1S/C14H18BrNO3/c1-14(2,8-12(17)18)13(19)16(3)9-10-4-6-11(15)7-5-10/h4-7H,8-9H2,1-3H3,(H,17,18). The quantitative estimate of drug-likeness (QED) is 0.904. The van der Waals surface area contributed by atoms with Gasteiger partial charge in [0.05, 0.1) is 11.8 Å². The molecule has 104 valence electrons. The molecule has 5 heteroatoms. The van der Waals surface area contributed by atoms with E-state index in [0.29, 0.717) is 6.54 Å². The van der Waals surface area contributed by atoms with Crippen molar-refractivity contribution in [3.63, 3.8) is 0 Å². The van der Waals surface area contributed by atoms with Gasteiger partial charge in [-0.05, 0) is 17.7 Å². The van der Waals surface area contributed by atoms with Gasteiger partial charge in [-0.25, -0.2) is 0 Å². The number of carboxylic acids is 1. The van der Waals surface area contributed by atoms with E-state index < -0.39 is 11.4 Å². The lowest BCUT2D eigenvalue weighted by atomic mass is 9.87. The van der Waals surface area contributed by atoms with E-state index in [1.54, 1.807) is 25.8 Å². The van der Waals surface area contributed by atoms with Crippen molar-refractivity contribution in [1.29, 1.82) is 0 Å². The number of carbonyl (C=O) groups excluding carboxylic acids is 1. The number of benzene rings is 1. The molecule has 0 atom stereocenters. The summed E-state index contributed by atoms with van der Waals surface area (Å²) in [7, 11) is 1.69. The highest BCUT2D eigenvalue weighted by Gasteiger charge is 2.32. The lowest BCUT2D eigenvalue weighted by molar-refractivity contribution is -0.148. The van der Waals surface area contributed by atoms with Crippen molar-refractivity contribution in [3.05, 3.63) is 34.3 Å². The van der Waals surface area contributed by atoms with Gasteiger partial charge in [0.15, 0.2) is 0 Å². The molecule has 1 aromatic rings. The number of amides is 1. The fraction of sp³-hybridized carbons (Fsp3) is 0.429. The molecule has 0 aliphatic rings. The van der Waals surface area contributed by atoms with Gasteiger partial charge in [0.1, 0.15) is 0 Å². The summed E-state index contributed by atoms with van der Waals surface area (Å²) < 4.78 is 0.983. The molecular formula is C14H18BrNO3. The summed E-state index contributed by atoms with van der Waals surface area (Å²) in [6.07, 6.45) is -0.170. The van der Waals surface area contributed by atoms with Gasteiger partial charge < -0.3 is 10.0 Å². The summed E-state index contributed by atoms with van der Waals surface area (Å²) in [5.74, 6) is -1.13. The third-order valence-electron chi connectivity index (χ3n) is 2.85. The third-order valence-corrected chi connectivity index (χ3v) is 3.38. The van der Waals surface area contributed by atoms with Gasteiger partial charge >= 0.3 is 5.97 Å². The van der Waals surface area contributed by atoms with E-state index in [1.165, 1.54) is 0 Å². The van der Waals surface area contributed by atoms with Gasteiger partial charge in [0.25, 0.3) is 0 Å². The molecule has 4 nitrogen and oxygen atoms in total. The van der Waals surface area contributed by atoms with Gasteiger partial charge in [-0.2, -0.15) is 0 Å². The Morgan fingerprint density at radius 1 is 1.26 bits per heavy atom. The van der Waals surface area contributed by atoms with Crippen LogP contribution in [0, 0.1) is 5.41 Å². The molecule has 1 rings (SSSR count). The Hall–Kier alpha value is -1.36. The zero-order chi connectivity index (χ0) is 14.6. The van der Waals surface area contributed by atoms with Crippen LogP contribution >= 0.6 is 15.9 Å². The third kappa shape index (κ3) is 4.67. The van der Waals surface area contributed by atoms with E-state index >= 15 is 0 Å². The first-order valence-electron chi connectivity index (χ1n) is 5.94. The van der Waals surface area contributed by atoms with E-state index in [4.69, 9.17) is 5.11 Å². The second kappa shape index (κ2) is 6.19. The number of carboxylic acid groups (broad SMARTS) is 1. The fourth-order valence-corrected chi connectivity index (χ4v) is 2.17. The highest BCUT2D eigenvalue weighted by molar-refractivity contribution is 9.10. The summed E-state index contributed by atoms with van der Waals surface area (Å²) in [5.41, 5.74) is 0.112. The second-order valence-corrected chi connectivity index (χ2v) is 6.16. The normalized spacial score (nSPS) is 11.2. The minimum atomic E-state index is -0.963. The number of nitrogens with zero attached hydrogens (tertiary/aromatic N) is 1. The van der Waals surface area contributed by atoms with E-state index in [-0.39, 0.29) is 12.3 Å². The van der Waals surface area contributed by atoms with Crippen LogP contribution in [0.3, 0.4) is 0 Å². The van der Waals surface area contributed by atoms with Crippen molar-refractivity contribution < 1.29 is 14.7 Å². The first kappa shape index (κ1) is 15.7. The maximum Gasteiger partial charge on any atom is 0.304 e. The number of hydrogen-bond donors (Lipinski definition) is 1. The predicted molar refractivity (Wildman–Crippen MR) is 76.6 cm³/mol. The SMILES string of the molecule is CN(Cc1ccc(Br)cc1)C(=O)C(C)(C)CC(=O)O. The Morgan fingerprint density at radius 2 is 1.79 bits per heavy atom. The van der Waals surface area contributed by atoms with Gasteiger partial charge in [0, 0.05) is 18.1 Å². The van der Waals surface area contributed by atoms with Crippen LogP contribution in [-0.2, 0) is 16.1 Å². The molecule has 0 aliphatic carbocycles. The number of hydrogen-bond acceptors (Lipinski definition) is 2. The minimum Gasteiger partial charge on any atom is -0.481 e. The molecule has 0 unspecified atom stereocenters. The van der Waals surface area contributed by atoms with Crippen LogP contribution in [0.1, 0.15) is 25.8 Å². The zero-order valence-electron chi connectivity index (χ0n) is 11.3. The Labute approximate surface area is 121 Å². The van der Waals surface area contributed by atoms with Crippen LogP contribution < -0.4 is 0 Å². The van der Waals surface area contributed by atoms with Crippen LogP contribution in [0.15, 0.2) is 28.7 Å². The van der Waals surface area contributed by atoms with E-state index in [0.717, 1.165) is 10.0 Å². The van der Waals surface area contributed by atoms with Gasteiger partial charge in [-0.3, -0.25) is 9.59 Å². The first-order chi connectivity index (χ1) is 8.72. The minimum absolute atomic E-state index is 0.169. The number of carbonyl (C=O) groups is 2. The summed E-state index contributed by atoms with van der Waals surface area (Å²) in [4.78, 5) is 24.5. The molecule has 0 aliphatic heterocycles. The molecule has 0 saturated heterocycles. The average molecular weight is 328 g/mol. The highest BCUT2D eigenvalue weighted by atomic mass is 79.9. The maximum atomic E-state index is 12.2. The lowest BCUT2D eigenvalue weighted by Crippen LogP contribution is -2.39. The van der Waals surface area contributed by atoms with E-state index in [1.807, 2.05) is 24.3 Å². The van der Waals surface area contributed by atoms with Crippen LogP contribution in [0.5, 0.6) is 0 Å². The molecule has 0 bridgehead atoms. The Bertz CT molecular complexity index is 468. The van der Waals surface area contributed by atoms with Crippen LogP contribution in [-0.4, -0.2) is 28.9 Å². The van der Waals surface area contributed by atoms with Crippen molar-refractivity contribution in [1.82, 2.24) is 4.90 Å². The number of rotatable bonds is 5. The van der Waals surface area contributed by atoms with Crippen molar-refractivity contribution in [2.75, 3.05) is 7.05 Å². The topological polar surface area (TPSA) is 57.6 Å². The predicted octanol–water partition coefficient (Wildman–Crippen LogP) is 2.91. The average Bonchev–Trinajstić information content (AvgIpc) is 2.29. The lowest BCUT2D eigenvalue weighted by Gasteiger charge is -2.28. The van der Waals surface area contributed by atoms with Crippen LogP contribution in [0.2, 0.25) is 0 Å². The van der Waals surface area contributed by atoms with Gasteiger partial charge in [-0.1, -0.05) is 41.9 Å². The van der Waals surface area contributed by atoms with E-state index in [9.17, 15) is 9.59 Å².